The zero-order chi connectivity index (χ0) is 30.3. The summed E-state index contributed by atoms with van der Waals surface area (Å²) in [4.78, 5) is 31.4. The molecule has 0 N–H and O–H groups in total. The van der Waals surface area contributed by atoms with Gasteiger partial charge in [-0.15, -0.1) is 0 Å². The lowest BCUT2D eigenvalue weighted by Crippen LogP contribution is -2.55. The topological polar surface area (TPSA) is 88.8 Å². The van der Waals surface area contributed by atoms with E-state index in [0.717, 1.165) is 58.1 Å². The van der Waals surface area contributed by atoms with Crippen LogP contribution in [0.5, 0.6) is 6.01 Å². The minimum atomic E-state index is -0.172. The van der Waals surface area contributed by atoms with Gasteiger partial charge in [-0.25, -0.2) is 0 Å². The third-order valence-corrected chi connectivity index (χ3v) is 10.2. The molecule has 0 bridgehead atoms. The maximum absolute atomic E-state index is 12.3. The summed E-state index contributed by atoms with van der Waals surface area (Å²) in [5.41, 5.74) is 3.40. The number of hydrogen-bond donors (Lipinski definition) is 0. The molecule has 7 rings (SSSR count). The van der Waals surface area contributed by atoms with Crippen LogP contribution in [0.3, 0.4) is 0 Å². The van der Waals surface area contributed by atoms with Gasteiger partial charge in [0, 0.05) is 61.7 Å². The first-order valence-corrected chi connectivity index (χ1v) is 16.4. The minimum absolute atomic E-state index is 0.00997. The molecule has 1 atom stereocenters. The summed E-state index contributed by atoms with van der Waals surface area (Å²) >= 11 is 6.72. The minimum Gasteiger partial charge on any atom is -0.463 e. The van der Waals surface area contributed by atoms with E-state index in [-0.39, 0.29) is 17.4 Å². The van der Waals surface area contributed by atoms with E-state index in [0.29, 0.717) is 45.2 Å². The van der Waals surface area contributed by atoms with E-state index in [4.69, 9.17) is 26.3 Å². The molecule has 10 heteroatoms. The van der Waals surface area contributed by atoms with Crippen molar-refractivity contribution in [1.29, 1.82) is 5.26 Å². The number of piperazine rings is 1. The average molecular weight is 614 g/mol. The van der Waals surface area contributed by atoms with E-state index in [9.17, 15) is 10.1 Å². The molecule has 3 fully saturated rings. The van der Waals surface area contributed by atoms with Crippen molar-refractivity contribution in [2.24, 2.45) is 5.41 Å². The number of fused-ring (bicyclic) bond motifs is 2. The van der Waals surface area contributed by atoms with Gasteiger partial charge >= 0.3 is 6.01 Å². The number of aromatic nitrogens is 2. The van der Waals surface area contributed by atoms with Gasteiger partial charge in [-0.2, -0.15) is 15.2 Å². The maximum Gasteiger partial charge on any atom is 0.318 e. The van der Waals surface area contributed by atoms with Gasteiger partial charge in [-0.1, -0.05) is 35.9 Å². The average Bonchev–Trinajstić information content (AvgIpc) is 3.60. The lowest BCUT2D eigenvalue weighted by molar-refractivity contribution is -0.131. The molecule has 4 aliphatic rings. The zero-order valence-electron chi connectivity index (χ0n) is 25.5. The summed E-state index contributed by atoms with van der Waals surface area (Å²) in [7, 11) is 0. The SMILES string of the molecule is CC(=O)N1CCN(c2nc(OCC3(CN4CCCC4)CC3)nc3c2CCN(c2cccc4cccc(Cl)c24)C3)CC1CC#N. The van der Waals surface area contributed by atoms with Crippen LogP contribution in [-0.2, 0) is 17.8 Å². The van der Waals surface area contributed by atoms with Crippen LogP contribution >= 0.6 is 11.6 Å². The summed E-state index contributed by atoms with van der Waals surface area (Å²) in [6.07, 6.45) is 6.01. The van der Waals surface area contributed by atoms with Gasteiger partial charge in [-0.3, -0.25) is 4.79 Å². The highest BCUT2D eigenvalue weighted by molar-refractivity contribution is 6.36. The third-order valence-electron chi connectivity index (χ3n) is 9.93. The van der Waals surface area contributed by atoms with Crippen molar-refractivity contribution in [3.63, 3.8) is 0 Å². The number of amides is 1. The summed E-state index contributed by atoms with van der Waals surface area (Å²) in [5.74, 6) is 0.895. The van der Waals surface area contributed by atoms with Gasteiger partial charge in [0.05, 0.1) is 42.4 Å². The number of ether oxygens (including phenoxy) is 1. The van der Waals surface area contributed by atoms with Crippen LogP contribution in [-0.4, -0.2) is 84.1 Å². The van der Waals surface area contributed by atoms with E-state index in [1.807, 2.05) is 17.0 Å². The van der Waals surface area contributed by atoms with Crippen molar-refractivity contribution in [3.8, 4) is 12.1 Å². The first-order chi connectivity index (χ1) is 21.4. The van der Waals surface area contributed by atoms with Crippen LogP contribution in [0.15, 0.2) is 36.4 Å². The molecule has 1 aromatic heterocycles. The first kappa shape index (κ1) is 29.1. The second kappa shape index (κ2) is 12.1. The largest absolute Gasteiger partial charge is 0.463 e. The molecule has 3 aliphatic heterocycles. The van der Waals surface area contributed by atoms with Gasteiger partial charge in [0.2, 0.25) is 5.91 Å². The Bertz CT molecular complexity index is 1590. The Morgan fingerprint density at radius 1 is 1.07 bits per heavy atom. The van der Waals surface area contributed by atoms with Crippen molar-refractivity contribution in [3.05, 3.63) is 52.7 Å². The van der Waals surface area contributed by atoms with Crippen LogP contribution in [0, 0.1) is 16.7 Å². The highest BCUT2D eigenvalue weighted by Crippen LogP contribution is 2.47. The summed E-state index contributed by atoms with van der Waals surface area (Å²) in [6, 6.07) is 14.9. The number of carbonyl (C=O) groups excluding carboxylic acids is 1. The molecule has 1 saturated carbocycles. The zero-order valence-corrected chi connectivity index (χ0v) is 26.2. The van der Waals surface area contributed by atoms with Crippen molar-refractivity contribution in [1.82, 2.24) is 19.8 Å². The number of nitrogens with zero attached hydrogens (tertiary/aromatic N) is 7. The Morgan fingerprint density at radius 2 is 1.86 bits per heavy atom. The number of benzene rings is 2. The molecule has 4 heterocycles. The molecule has 9 nitrogen and oxygen atoms in total. The second-order valence-corrected chi connectivity index (χ2v) is 13.4. The molecule has 1 unspecified atom stereocenters. The number of likely N-dealkylation sites (tertiary alicyclic amines) is 1. The molecule has 230 valence electrons. The molecule has 44 heavy (non-hydrogen) atoms. The molecular weight excluding hydrogens is 574 g/mol. The Morgan fingerprint density at radius 3 is 2.61 bits per heavy atom. The third kappa shape index (κ3) is 5.78. The standard InChI is InChI=1S/C34H40ClN7O2/c1-24(43)42-19-18-41(20-26(42)10-14-36)32-27-11-17-40(30-9-5-7-25-6-4-8-28(35)31(25)30)21-29(27)37-33(38-32)44-23-34(12-13-34)22-39-15-2-3-16-39/h4-9,26H,2-3,10-13,15-23H2,1H3. The number of anilines is 2. The molecule has 1 amide bonds. The molecule has 2 aromatic carbocycles. The van der Waals surface area contributed by atoms with Crippen molar-refractivity contribution >= 4 is 39.8 Å². The fraction of sp³-hybridized carbons (Fsp3) is 0.529. The normalized spacial score (nSPS) is 21.3. The number of nitriles is 1. The molecule has 1 aliphatic carbocycles. The quantitative estimate of drug-likeness (QED) is 0.349. The fourth-order valence-electron chi connectivity index (χ4n) is 7.36. The maximum atomic E-state index is 12.3. The number of halogens is 1. The van der Waals surface area contributed by atoms with Gasteiger partial charge < -0.3 is 24.3 Å². The Labute approximate surface area is 264 Å². The molecule has 0 spiro atoms. The van der Waals surface area contributed by atoms with Crippen LogP contribution < -0.4 is 14.5 Å². The van der Waals surface area contributed by atoms with Crippen LogP contribution in [0.1, 0.15) is 50.3 Å². The summed E-state index contributed by atoms with van der Waals surface area (Å²) in [5, 5.41) is 12.4. The van der Waals surface area contributed by atoms with E-state index < -0.39 is 0 Å². The highest BCUT2D eigenvalue weighted by atomic mass is 35.5. The van der Waals surface area contributed by atoms with Gasteiger partial charge in [0.15, 0.2) is 0 Å². The number of carbonyl (C=O) groups is 1. The Balaban J connectivity index is 1.20. The van der Waals surface area contributed by atoms with Crippen LogP contribution in [0.25, 0.3) is 10.8 Å². The smallest absolute Gasteiger partial charge is 0.318 e. The van der Waals surface area contributed by atoms with Gasteiger partial charge in [0.1, 0.15) is 5.82 Å². The molecule has 2 saturated heterocycles. The van der Waals surface area contributed by atoms with Gasteiger partial charge in [-0.05, 0) is 62.7 Å². The predicted molar refractivity (Wildman–Crippen MR) is 172 cm³/mol. The first-order valence-electron chi connectivity index (χ1n) is 16.0. The van der Waals surface area contributed by atoms with Crippen molar-refractivity contribution < 1.29 is 9.53 Å². The van der Waals surface area contributed by atoms with E-state index in [1.165, 1.54) is 38.8 Å². The molecule has 3 aromatic rings. The Hall–Kier alpha value is -3.61. The number of rotatable bonds is 8. The van der Waals surface area contributed by atoms with E-state index >= 15 is 0 Å². The fourth-order valence-corrected chi connectivity index (χ4v) is 7.64. The summed E-state index contributed by atoms with van der Waals surface area (Å²) < 4.78 is 6.47. The van der Waals surface area contributed by atoms with Crippen molar-refractivity contribution in [2.75, 3.05) is 62.2 Å². The predicted octanol–water partition coefficient (Wildman–Crippen LogP) is 5.05. The monoisotopic (exact) mass is 613 g/mol. The Kier molecular flexibility index (Phi) is 7.98. The van der Waals surface area contributed by atoms with Crippen molar-refractivity contribution in [2.45, 2.75) is 58.0 Å². The molecular formula is C34H40ClN7O2. The lowest BCUT2D eigenvalue weighted by atomic mass is 10.0. The molecule has 0 radical (unpaired) electrons. The lowest BCUT2D eigenvalue weighted by Gasteiger charge is -2.42. The van der Waals surface area contributed by atoms with Crippen LogP contribution in [0.4, 0.5) is 11.5 Å². The van der Waals surface area contributed by atoms with Gasteiger partial charge in [0.25, 0.3) is 0 Å². The van der Waals surface area contributed by atoms with E-state index in [2.05, 4.69) is 45.0 Å². The van der Waals surface area contributed by atoms with E-state index in [1.54, 1.807) is 6.92 Å². The number of hydrogen-bond acceptors (Lipinski definition) is 8. The summed E-state index contributed by atoms with van der Waals surface area (Å²) in [6.45, 7) is 8.89. The highest BCUT2D eigenvalue weighted by Gasteiger charge is 2.45. The van der Waals surface area contributed by atoms with Crippen LogP contribution in [0.2, 0.25) is 5.02 Å². The second-order valence-electron chi connectivity index (χ2n) is 13.0.